The minimum absolute atomic E-state index is 0. The molecule has 0 spiro atoms. The maximum Gasteiger partial charge on any atom is 0.213 e. The van der Waals surface area contributed by atoms with Gasteiger partial charge >= 0.3 is 0 Å². The van der Waals surface area contributed by atoms with Crippen LogP contribution in [0.4, 0.5) is 4.39 Å². The van der Waals surface area contributed by atoms with Crippen molar-refractivity contribution in [3.63, 3.8) is 0 Å². The van der Waals surface area contributed by atoms with Crippen LogP contribution in [0.2, 0.25) is 0 Å². The zero-order chi connectivity index (χ0) is 6.69. The summed E-state index contributed by atoms with van der Waals surface area (Å²) in [6, 6.07) is 2.75. The number of pyridine rings is 1. The van der Waals surface area contributed by atoms with Crippen molar-refractivity contribution in [1.29, 1.82) is 0 Å². The van der Waals surface area contributed by atoms with Crippen molar-refractivity contribution in [3.8, 4) is 0 Å². The largest absolute Gasteiger partial charge is 0.392 e. The minimum atomic E-state index is -0.554. The van der Waals surface area contributed by atoms with E-state index in [4.69, 9.17) is 5.11 Å². The van der Waals surface area contributed by atoms with Gasteiger partial charge in [0.15, 0.2) is 0 Å². The molecular weight excluding hydrogens is 172 g/mol. The number of nitrogens with zero attached hydrogens (tertiary/aromatic N) is 1. The second-order valence-electron chi connectivity index (χ2n) is 1.64. The number of hydrogen-bond donors (Lipinski definition) is 1. The van der Waals surface area contributed by atoms with Gasteiger partial charge in [0.2, 0.25) is 5.95 Å². The molecule has 0 atom stereocenters. The summed E-state index contributed by atoms with van der Waals surface area (Å²) in [6.45, 7) is -0.139. The molecule has 0 aliphatic rings. The monoisotopic (exact) mass is 178 g/mol. The van der Waals surface area contributed by atoms with Gasteiger partial charge < -0.3 is 5.11 Å². The molecule has 2 nitrogen and oxygen atoms in total. The molecule has 1 aromatic heterocycles. The summed E-state index contributed by atoms with van der Waals surface area (Å²) < 4.78 is 12.1. The van der Waals surface area contributed by atoms with Gasteiger partial charge in [0, 0.05) is 24.8 Å². The molecule has 0 amide bonds. The summed E-state index contributed by atoms with van der Waals surface area (Å²) in [6.07, 6.45) is 1.32. The third-order valence-electron chi connectivity index (χ3n) is 0.974. The van der Waals surface area contributed by atoms with Crippen LogP contribution >= 0.6 is 0 Å². The minimum Gasteiger partial charge on any atom is -0.392 e. The Morgan fingerprint density at radius 3 is 2.70 bits per heavy atom. The van der Waals surface area contributed by atoms with Crippen molar-refractivity contribution in [2.24, 2.45) is 0 Å². The predicted octanol–water partition coefficient (Wildman–Crippen LogP) is 0.711. The van der Waals surface area contributed by atoms with Gasteiger partial charge in [-0.25, -0.2) is 4.98 Å². The second-order valence-corrected chi connectivity index (χ2v) is 1.64. The second kappa shape index (κ2) is 4.44. The van der Waals surface area contributed by atoms with Gasteiger partial charge in [0.05, 0.1) is 6.61 Å². The average molecular weight is 178 g/mol. The molecule has 0 fully saturated rings. The van der Waals surface area contributed by atoms with E-state index in [0.29, 0.717) is 5.56 Å². The maximum atomic E-state index is 12.1. The van der Waals surface area contributed by atoms with E-state index in [9.17, 15) is 4.39 Å². The SMILES string of the molecule is OCc1ccnc(F)c1.[V]. The Labute approximate surface area is 70.0 Å². The molecule has 1 N–H and O–H groups in total. The number of aromatic nitrogens is 1. The molecule has 1 radical (unpaired) electrons. The quantitative estimate of drug-likeness (QED) is 0.642. The Morgan fingerprint density at radius 2 is 2.30 bits per heavy atom. The van der Waals surface area contributed by atoms with Crippen LogP contribution in [0.3, 0.4) is 0 Å². The first-order chi connectivity index (χ1) is 4.33. The van der Waals surface area contributed by atoms with E-state index >= 15 is 0 Å². The van der Waals surface area contributed by atoms with Crippen LogP contribution in [0.25, 0.3) is 0 Å². The average Bonchev–Trinajstić information content (AvgIpc) is 1.88. The third kappa shape index (κ3) is 2.48. The molecule has 53 valence electrons. The molecule has 0 saturated heterocycles. The molecule has 1 heterocycles. The van der Waals surface area contributed by atoms with Crippen LogP contribution in [-0.2, 0) is 25.2 Å². The van der Waals surface area contributed by atoms with Crippen LogP contribution in [0.5, 0.6) is 0 Å². The Hall–Kier alpha value is -0.376. The maximum absolute atomic E-state index is 12.1. The molecule has 0 saturated carbocycles. The number of rotatable bonds is 1. The van der Waals surface area contributed by atoms with Crippen molar-refractivity contribution in [3.05, 3.63) is 29.8 Å². The third-order valence-corrected chi connectivity index (χ3v) is 0.974. The van der Waals surface area contributed by atoms with Crippen molar-refractivity contribution >= 4 is 0 Å². The predicted molar refractivity (Wildman–Crippen MR) is 30.1 cm³/mol. The molecule has 10 heavy (non-hydrogen) atoms. The molecule has 4 heteroatoms. The van der Waals surface area contributed by atoms with Crippen LogP contribution in [0.15, 0.2) is 18.3 Å². The topological polar surface area (TPSA) is 33.1 Å². The number of halogens is 1. The van der Waals surface area contributed by atoms with Gasteiger partial charge in [-0.3, -0.25) is 0 Å². The molecule has 0 aliphatic heterocycles. The number of aliphatic hydroxyl groups is 1. The molecule has 1 rings (SSSR count). The van der Waals surface area contributed by atoms with Crippen LogP contribution in [0, 0.1) is 5.95 Å². The molecular formula is C6H6FNOV. The van der Waals surface area contributed by atoms with Crippen molar-refractivity contribution in [1.82, 2.24) is 4.98 Å². The van der Waals surface area contributed by atoms with Crippen molar-refractivity contribution in [2.45, 2.75) is 6.61 Å². The van der Waals surface area contributed by atoms with Crippen LogP contribution < -0.4 is 0 Å². The van der Waals surface area contributed by atoms with E-state index in [1.54, 1.807) is 6.07 Å². The Bertz CT molecular complexity index is 207. The first kappa shape index (κ1) is 9.62. The molecule has 0 bridgehead atoms. The van der Waals surface area contributed by atoms with E-state index in [1.165, 1.54) is 12.3 Å². The van der Waals surface area contributed by atoms with Crippen molar-refractivity contribution < 1.29 is 28.1 Å². The van der Waals surface area contributed by atoms with Gasteiger partial charge in [0.25, 0.3) is 0 Å². The van der Waals surface area contributed by atoms with Crippen molar-refractivity contribution in [2.75, 3.05) is 0 Å². The Morgan fingerprint density at radius 1 is 1.60 bits per heavy atom. The summed E-state index contributed by atoms with van der Waals surface area (Å²) in [5.41, 5.74) is 0.544. The fourth-order valence-corrected chi connectivity index (χ4v) is 0.541. The van der Waals surface area contributed by atoms with E-state index < -0.39 is 5.95 Å². The number of aliphatic hydroxyl groups excluding tert-OH is 1. The molecule has 0 aliphatic carbocycles. The van der Waals surface area contributed by atoms with Gasteiger partial charge in [-0.1, -0.05) is 0 Å². The van der Waals surface area contributed by atoms with E-state index in [1.807, 2.05) is 0 Å². The Kier molecular flexibility index (Phi) is 4.27. The van der Waals surface area contributed by atoms with Gasteiger partial charge in [-0.2, -0.15) is 4.39 Å². The normalized spacial score (nSPS) is 8.60. The molecule has 0 unspecified atom stereocenters. The fraction of sp³-hybridized carbons (Fsp3) is 0.167. The van der Waals surface area contributed by atoms with E-state index in [-0.39, 0.29) is 25.2 Å². The summed E-state index contributed by atoms with van der Waals surface area (Å²) in [5.74, 6) is -0.554. The van der Waals surface area contributed by atoms with Crippen LogP contribution in [-0.4, -0.2) is 10.1 Å². The molecule has 0 aromatic carbocycles. The summed E-state index contributed by atoms with van der Waals surface area (Å²) in [4.78, 5) is 3.31. The van der Waals surface area contributed by atoms with Gasteiger partial charge in [-0.05, 0) is 17.7 Å². The zero-order valence-corrected chi connectivity index (χ0v) is 6.56. The van der Waals surface area contributed by atoms with Gasteiger partial charge in [-0.15, -0.1) is 0 Å². The summed E-state index contributed by atoms with van der Waals surface area (Å²) >= 11 is 0. The first-order valence-electron chi connectivity index (χ1n) is 2.54. The summed E-state index contributed by atoms with van der Waals surface area (Å²) in [7, 11) is 0. The molecule has 1 aromatic rings. The fourth-order valence-electron chi connectivity index (χ4n) is 0.541. The van der Waals surface area contributed by atoms with E-state index in [2.05, 4.69) is 4.98 Å². The van der Waals surface area contributed by atoms with Gasteiger partial charge in [0.1, 0.15) is 0 Å². The zero-order valence-electron chi connectivity index (χ0n) is 5.16. The standard InChI is InChI=1S/C6H6FNO.V/c7-6-3-5(4-9)1-2-8-6;/h1-3,9H,4H2;. The van der Waals surface area contributed by atoms with E-state index in [0.717, 1.165) is 0 Å². The summed E-state index contributed by atoms with van der Waals surface area (Å²) in [5, 5.41) is 8.47. The first-order valence-corrected chi connectivity index (χ1v) is 2.54. The Balaban J connectivity index is 0.000000810. The smallest absolute Gasteiger partial charge is 0.213 e. The van der Waals surface area contributed by atoms with Crippen LogP contribution in [0.1, 0.15) is 5.56 Å². The number of hydrogen-bond acceptors (Lipinski definition) is 2.